The lowest BCUT2D eigenvalue weighted by molar-refractivity contribution is 0.188. The summed E-state index contributed by atoms with van der Waals surface area (Å²) in [4.78, 5) is 0. The van der Waals surface area contributed by atoms with Crippen molar-refractivity contribution in [2.24, 2.45) is 5.84 Å². The predicted molar refractivity (Wildman–Crippen MR) is 71.8 cm³/mol. The lowest BCUT2D eigenvalue weighted by atomic mass is 9.94. The Hall–Kier alpha value is -0.900. The SMILES string of the molecule is COCCCC(NN)c1cc(C)c(C)cc1C. The third-order valence-electron chi connectivity index (χ3n) is 3.30. The van der Waals surface area contributed by atoms with Gasteiger partial charge in [-0.2, -0.15) is 0 Å². The molecule has 0 aliphatic carbocycles. The van der Waals surface area contributed by atoms with E-state index < -0.39 is 0 Å². The first-order chi connectivity index (χ1) is 8.10. The van der Waals surface area contributed by atoms with Gasteiger partial charge in [0.1, 0.15) is 0 Å². The second kappa shape index (κ2) is 6.74. The van der Waals surface area contributed by atoms with E-state index in [1.54, 1.807) is 7.11 Å². The van der Waals surface area contributed by atoms with Crippen molar-refractivity contribution in [2.75, 3.05) is 13.7 Å². The van der Waals surface area contributed by atoms with Crippen LogP contribution in [-0.4, -0.2) is 13.7 Å². The molecule has 0 spiro atoms. The number of rotatable bonds is 6. The van der Waals surface area contributed by atoms with Crippen molar-refractivity contribution in [1.29, 1.82) is 0 Å². The molecular formula is C14H24N2O. The highest BCUT2D eigenvalue weighted by Gasteiger charge is 2.12. The van der Waals surface area contributed by atoms with Gasteiger partial charge in [-0.1, -0.05) is 12.1 Å². The number of ether oxygens (including phenoxy) is 1. The summed E-state index contributed by atoms with van der Waals surface area (Å²) >= 11 is 0. The average Bonchev–Trinajstić information content (AvgIpc) is 2.30. The van der Waals surface area contributed by atoms with E-state index in [0.29, 0.717) is 0 Å². The summed E-state index contributed by atoms with van der Waals surface area (Å²) in [5.41, 5.74) is 8.16. The van der Waals surface area contributed by atoms with Gasteiger partial charge in [0.05, 0.1) is 0 Å². The molecule has 0 amide bonds. The second-order valence-corrected chi connectivity index (χ2v) is 4.65. The molecule has 0 radical (unpaired) electrons. The maximum atomic E-state index is 5.65. The molecule has 96 valence electrons. The van der Waals surface area contributed by atoms with Crippen LogP contribution in [0.2, 0.25) is 0 Å². The van der Waals surface area contributed by atoms with E-state index in [-0.39, 0.29) is 6.04 Å². The first-order valence-corrected chi connectivity index (χ1v) is 6.13. The van der Waals surface area contributed by atoms with Crippen LogP contribution in [-0.2, 0) is 4.74 Å². The number of benzene rings is 1. The molecule has 1 rings (SSSR count). The summed E-state index contributed by atoms with van der Waals surface area (Å²) in [7, 11) is 1.73. The molecule has 1 unspecified atom stereocenters. The molecule has 0 saturated carbocycles. The van der Waals surface area contributed by atoms with Gasteiger partial charge in [0.15, 0.2) is 0 Å². The number of hydrazine groups is 1. The van der Waals surface area contributed by atoms with E-state index in [0.717, 1.165) is 19.4 Å². The van der Waals surface area contributed by atoms with Crippen molar-refractivity contribution in [3.63, 3.8) is 0 Å². The van der Waals surface area contributed by atoms with Crippen molar-refractivity contribution < 1.29 is 4.74 Å². The fourth-order valence-corrected chi connectivity index (χ4v) is 2.12. The highest BCUT2D eigenvalue weighted by Crippen LogP contribution is 2.24. The molecular weight excluding hydrogens is 212 g/mol. The summed E-state index contributed by atoms with van der Waals surface area (Å²) in [6, 6.07) is 4.68. The van der Waals surface area contributed by atoms with Gasteiger partial charge >= 0.3 is 0 Å². The minimum absolute atomic E-state index is 0.212. The quantitative estimate of drug-likeness (QED) is 0.453. The zero-order valence-electron chi connectivity index (χ0n) is 11.3. The van der Waals surface area contributed by atoms with Crippen molar-refractivity contribution >= 4 is 0 Å². The van der Waals surface area contributed by atoms with E-state index in [9.17, 15) is 0 Å². The summed E-state index contributed by atoms with van der Waals surface area (Å²) in [5, 5.41) is 0. The van der Waals surface area contributed by atoms with Crippen LogP contribution < -0.4 is 11.3 Å². The van der Waals surface area contributed by atoms with Gasteiger partial charge in [0.2, 0.25) is 0 Å². The van der Waals surface area contributed by atoms with Crippen LogP contribution in [0.15, 0.2) is 12.1 Å². The van der Waals surface area contributed by atoms with Crippen LogP contribution in [0, 0.1) is 20.8 Å². The number of hydrogen-bond donors (Lipinski definition) is 2. The standard InChI is InChI=1S/C14H24N2O/c1-10-8-12(3)13(9-11(10)2)14(16-15)6-5-7-17-4/h8-9,14,16H,5-7,15H2,1-4H3. The Morgan fingerprint density at radius 2 is 1.82 bits per heavy atom. The molecule has 1 aromatic carbocycles. The van der Waals surface area contributed by atoms with Crippen LogP contribution in [0.25, 0.3) is 0 Å². The Morgan fingerprint density at radius 1 is 1.18 bits per heavy atom. The van der Waals surface area contributed by atoms with Gasteiger partial charge in [0, 0.05) is 19.8 Å². The van der Waals surface area contributed by atoms with Crippen LogP contribution >= 0.6 is 0 Å². The second-order valence-electron chi connectivity index (χ2n) is 4.65. The van der Waals surface area contributed by atoms with Crippen LogP contribution in [0.4, 0.5) is 0 Å². The lowest BCUT2D eigenvalue weighted by Gasteiger charge is -2.20. The predicted octanol–water partition coefficient (Wildman–Crippen LogP) is 2.54. The largest absolute Gasteiger partial charge is 0.385 e. The van der Waals surface area contributed by atoms with E-state index in [1.165, 1.54) is 22.3 Å². The van der Waals surface area contributed by atoms with Gasteiger partial charge in [0.25, 0.3) is 0 Å². The van der Waals surface area contributed by atoms with Crippen molar-refractivity contribution in [3.05, 3.63) is 34.4 Å². The van der Waals surface area contributed by atoms with E-state index in [1.807, 2.05) is 0 Å². The highest BCUT2D eigenvalue weighted by atomic mass is 16.5. The van der Waals surface area contributed by atoms with Gasteiger partial charge in [-0.15, -0.1) is 0 Å². The molecule has 0 aliphatic heterocycles. The Bertz CT molecular complexity index is 363. The van der Waals surface area contributed by atoms with Crippen molar-refractivity contribution in [2.45, 2.75) is 39.7 Å². The maximum Gasteiger partial charge on any atom is 0.0463 e. The monoisotopic (exact) mass is 236 g/mol. The molecule has 3 nitrogen and oxygen atoms in total. The first kappa shape index (κ1) is 14.2. The van der Waals surface area contributed by atoms with Crippen LogP contribution in [0.3, 0.4) is 0 Å². The minimum Gasteiger partial charge on any atom is -0.385 e. The van der Waals surface area contributed by atoms with Crippen LogP contribution in [0.5, 0.6) is 0 Å². The summed E-state index contributed by atoms with van der Waals surface area (Å²) in [6.45, 7) is 7.20. The number of nitrogens with one attached hydrogen (secondary N) is 1. The first-order valence-electron chi connectivity index (χ1n) is 6.13. The molecule has 3 N–H and O–H groups in total. The third kappa shape index (κ3) is 3.80. The molecule has 17 heavy (non-hydrogen) atoms. The molecule has 1 aromatic rings. The van der Waals surface area contributed by atoms with E-state index >= 15 is 0 Å². The zero-order chi connectivity index (χ0) is 12.8. The van der Waals surface area contributed by atoms with Crippen LogP contribution in [0.1, 0.15) is 41.1 Å². The lowest BCUT2D eigenvalue weighted by Crippen LogP contribution is -2.29. The fourth-order valence-electron chi connectivity index (χ4n) is 2.12. The average molecular weight is 236 g/mol. The Morgan fingerprint density at radius 3 is 2.41 bits per heavy atom. The number of aryl methyl sites for hydroxylation is 3. The summed E-state index contributed by atoms with van der Waals surface area (Å²) in [6.07, 6.45) is 2.01. The molecule has 0 aliphatic rings. The summed E-state index contributed by atoms with van der Waals surface area (Å²) < 4.78 is 5.08. The van der Waals surface area contributed by atoms with Gasteiger partial charge in [-0.05, 0) is 55.9 Å². The molecule has 0 saturated heterocycles. The van der Waals surface area contributed by atoms with Gasteiger partial charge < -0.3 is 4.74 Å². The van der Waals surface area contributed by atoms with E-state index in [4.69, 9.17) is 10.6 Å². The zero-order valence-corrected chi connectivity index (χ0v) is 11.3. The molecule has 0 heterocycles. The Kier molecular flexibility index (Phi) is 5.62. The van der Waals surface area contributed by atoms with Gasteiger partial charge in [-0.3, -0.25) is 11.3 Å². The number of hydrogen-bond acceptors (Lipinski definition) is 3. The fraction of sp³-hybridized carbons (Fsp3) is 0.571. The molecule has 0 fully saturated rings. The minimum atomic E-state index is 0.212. The summed E-state index contributed by atoms with van der Waals surface area (Å²) in [5.74, 6) is 5.65. The molecule has 0 bridgehead atoms. The third-order valence-corrected chi connectivity index (χ3v) is 3.30. The highest BCUT2D eigenvalue weighted by molar-refractivity contribution is 5.38. The molecule has 1 atom stereocenters. The number of methoxy groups -OCH3 is 1. The van der Waals surface area contributed by atoms with Gasteiger partial charge in [-0.25, -0.2) is 0 Å². The smallest absolute Gasteiger partial charge is 0.0463 e. The number of nitrogens with two attached hydrogens (primary N) is 1. The Labute approximate surface area is 104 Å². The van der Waals surface area contributed by atoms with Crippen molar-refractivity contribution in [1.82, 2.24) is 5.43 Å². The Balaban J connectivity index is 2.84. The van der Waals surface area contributed by atoms with E-state index in [2.05, 4.69) is 38.3 Å². The molecule has 0 aromatic heterocycles. The maximum absolute atomic E-state index is 5.65. The molecule has 3 heteroatoms. The van der Waals surface area contributed by atoms with Crippen molar-refractivity contribution in [3.8, 4) is 0 Å². The normalized spacial score (nSPS) is 12.8. The topological polar surface area (TPSA) is 47.3 Å².